The maximum absolute atomic E-state index is 12.5. The van der Waals surface area contributed by atoms with E-state index in [1.807, 2.05) is 24.3 Å². The predicted molar refractivity (Wildman–Crippen MR) is 100 cm³/mol. The number of aromatic nitrogens is 2. The second-order valence-electron chi connectivity index (χ2n) is 6.19. The maximum Gasteiger partial charge on any atom is 0.261 e. The number of nitrogens with zero attached hydrogens (tertiary/aromatic N) is 2. The van der Waals surface area contributed by atoms with Gasteiger partial charge in [-0.3, -0.25) is 14.2 Å². The minimum absolute atomic E-state index is 0.0447. The molecule has 0 radical (unpaired) electrons. The normalized spacial score (nSPS) is 12.3. The lowest BCUT2D eigenvalue weighted by atomic mass is 9.97. The Kier molecular flexibility index (Phi) is 5.00. The number of Topliss-reactive ketones (excluding diaryl/α,β-unsaturated/α-hetero) is 1. The third-order valence-electron chi connectivity index (χ3n) is 4.51. The average molecular weight is 355 g/mol. The molecule has 0 spiro atoms. The molecular formula is C20H19ClN2O2. The highest BCUT2D eigenvalue weighted by Gasteiger charge is 2.11. The molecule has 3 rings (SSSR count). The Morgan fingerprint density at radius 1 is 1.20 bits per heavy atom. The van der Waals surface area contributed by atoms with Crippen molar-refractivity contribution in [2.45, 2.75) is 32.7 Å². The molecule has 1 aromatic heterocycles. The molecule has 2 aromatic carbocycles. The van der Waals surface area contributed by atoms with Crippen LogP contribution >= 0.6 is 11.6 Å². The lowest BCUT2D eigenvalue weighted by Gasteiger charge is -2.10. The topological polar surface area (TPSA) is 52.0 Å². The van der Waals surface area contributed by atoms with Gasteiger partial charge in [0.2, 0.25) is 0 Å². The third-order valence-corrected chi connectivity index (χ3v) is 4.75. The second kappa shape index (κ2) is 7.19. The molecule has 0 saturated heterocycles. The fourth-order valence-electron chi connectivity index (χ4n) is 2.72. The Labute approximate surface area is 151 Å². The zero-order valence-electron chi connectivity index (χ0n) is 14.2. The highest BCUT2D eigenvalue weighted by molar-refractivity contribution is 6.31. The van der Waals surface area contributed by atoms with E-state index in [4.69, 9.17) is 11.6 Å². The van der Waals surface area contributed by atoms with Crippen molar-refractivity contribution >= 4 is 28.3 Å². The van der Waals surface area contributed by atoms with Crippen molar-refractivity contribution in [2.24, 2.45) is 0 Å². The van der Waals surface area contributed by atoms with E-state index >= 15 is 0 Å². The van der Waals surface area contributed by atoms with Crippen molar-refractivity contribution in [1.82, 2.24) is 9.55 Å². The number of fused-ring (bicyclic) bond motifs is 1. The molecule has 25 heavy (non-hydrogen) atoms. The predicted octanol–water partition coefficient (Wildman–Crippen LogP) is 4.45. The van der Waals surface area contributed by atoms with E-state index in [1.165, 1.54) is 16.5 Å². The van der Waals surface area contributed by atoms with Gasteiger partial charge in [0.1, 0.15) is 0 Å². The van der Waals surface area contributed by atoms with Crippen LogP contribution in [0.3, 0.4) is 0 Å². The Bertz CT molecular complexity index is 977. The summed E-state index contributed by atoms with van der Waals surface area (Å²) >= 11 is 5.95. The van der Waals surface area contributed by atoms with Crippen LogP contribution in [0.4, 0.5) is 0 Å². The molecule has 0 fully saturated rings. The number of carbonyl (C=O) groups excluding carboxylic acids is 1. The third kappa shape index (κ3) is 3.64. The molecule has 4 nitrogen and oxygen atoms in total. The van der Waals surface area contributed by atoms with Gasteiger partial charge in [-0.25, -0.2) is 4.98 Å². The van der Waals surface area contributed by atoms with Gasteiger partial charge in [0, 0.05) is 10.6 Å². The first kappa shape index (κ1) is 17.4. The average Bonchev–Trinajstić information content (AvgIpc) is 2.64. The zero-order valence-corrected chi connectivity index (χ0v) is 15.0. The van der Waals surface area contributed by atoms with Crippen LogP contribution in [0.15, 0.2) is 53.6 Å². The van der Waals surface area contributed by atoms with Gasteiger partial charge < -0.3 is 0 Å². The fraction of sp³-hybridized carbons (Fsp3) is 0.250. The molecule has 5 heteroatoms. The van der Waals surface area contributed by atoms with Gasteiger partial charge in [-0.15, -0.1) is 0 Å². The van der Waals surface area contributed by atoms with Crippen molar-refractivity contribution in [3.63, 3.8) is 0 Å². The van der Waals surface area contributed by atoms with Gasteiger partial charge in [-0.1, -0.05) is 49.7 Å². The molecule has 0 aliphatic heterocycles. The number of ketones is 1. The molecule has 1 atom stereocenters. The van der Waals surface area contributed by atoms with E-state index in [2.05, 4.69) is 18.8 Å². The van der Waals surface area contributed by atoms with Crippen molar-refractivity contribution in [3.8, 4) is 0 Å². The number of halogens is 1. The van der Waals surface area contributed by atoms with Gasteiger partial charge in [0.05, 0.1) is 23.8 Å². The SMILES string of the molecule is CC[C@@H](C)c1ccc(C(=O)Cn2cnc3ccc(Cl)cc3c2=O)cc1. The van der Waals surface area contributed by atoms with Crippen LogP contribution in [-0.4, -0.2) is 15.3 Å². The maximum atomic E-state index is 12.5. The van der Waals surface area contributed by atoms with Gasteiger partial charge in [0.25, 0.3) is 5.56 Å². The number of rotatable bonds is 5. The smallest absolute Gasteiger partial charge is 0.261 e. The quantitative estimate of drug-likeness (QED) is 0.636. The number of hydrogen-bond acceptors (Lipinski definition) is 3. The Hall–Kier alpha value is -2.46. The van der Waals surface area contributed by atoms with Gasteiger partial charge >= 0.3 is 0 Å². The molecule has 0 amide bonds. The van der Waals surface area contributed by atoms with Crippen LogP contribution in [0, 0.1) is 0 Å². The van der Waals surface area contributed by atoms with Gasteiger partial charge in [0.15, 0.2) is 5.78 Å². The van der Waals surface area contributed by atoms with E-state index in [0.717, 1.165) is 6.42 Å². The van der Waals surface area contributed by atoms with E-state index in [-0.39, 0.29) is 17.9 Å². The standard InChI is InChI=1S/C20H19ClN2O2/c1-3-13(2)14-4-6-15(7-5-14)19(24)11-23-12-22-18-9-8-16(21)10-17(18)20(23)25/h4-10,12-13H,3,11H2,1-2H3/t13-/m1/s1. The van der Waals surface area contributed by atoms with Crippen LogP contribution in [-0.2, 0) is 6.54 Å². The molecule has 3 aromatic rings. The van der Waals surface area contributed by atoms with E-state index in [9.17, 15) is 9.59 Å². The number of benzene rings is 2. The van der Waals surface area contributed by atoms with Crippen LogP contribution in [0.5, 0.6) is 0 Å². The summed E-state index contributed by atoms with van der Waals surface area (Å²) in [5.41, 5.74) is 2.09. The van der Waals surface area contributed by atoms with Crippen LogP contribution in [0.2, 0.25) is 5.02 Å². The lowest BCUT2D eigenvalue weighted by molar-refractivity contribution is 0.0970. The van der Waals surface area contributed by atoms with E-state index < -0.39 is 0 Å². The summed E-state index contributed by atoms with van der Waals surface area (Å²) in [5.74, 6) is 0.335. The first-order valence-corrected chi connectivity index (χ1v) is 8.65. The molecule has 0 unspecified atom stereocenters. The number of carbonyl (C=O) groups is 1. The first-order chi connectivity index (χ1) is 12.0. The summed E-state index contributed by atoms with van der Waals surface area (Å²) in [6.07, 6.45) is 2.46. The molecule has 0 bridgehead atoms. The minimum Gasteiger partial charge on any atom is -0.292 e. The van der Waals surface area contributed by atoms with E-state index in [0.29, 0.717) is 27.4 Å². The largest absolute Gasteiger partial charge is 0.292 e. The summed E-state index contributed by atoms with van der Waals surface area (Å²) in [6.45, 7) is 4.24. The summed E-state index contributed by atoms with van der Waals surface area (Å²) in [6, 6.07) is 12.5. The Balaban J connectivity index is 1.87. The molecule has 0 aliphatic rings. The minimum atomic E-state index is -0.267. The zero-order chi connectivity index (χ0) is 18.0. The Morgan fingerprint density at radius 3 is 2.60 bits per heavy atom. The van der Waals surface area contributed by atoms with Crippen molar-refractivity contribution in [2.75, 3.05) is 0 Å². The fourth-order valence-corrected chi connectivity index (χ4v) is 2.90. The molecule has 0 aliphatic carbocycles. The van der Waals surface area contributed by atoms with Crippen molar-refractivity contribution in [3.05, 3.63) is 75.3 Å². The van der Waals surface area contributed by atoms with Crippen molar-refractivity contribution < 1.29 is 4.79 Å². The van der Waals surface area contributed by atoms with Crippen LogP contribution in [0.25, 0.3) is 10.9 Å². The summed E-state index contributed by atoms with van der Waals surface area (Å²) in [4.78, 5) is 29.3. The molecule has 128 valence electrons. The monoisotopic (exact) mass is 354 g/mol. The van der Waals surface area contributed by atoms with Crippen LogP contribution in [0.1, 0.15) is 42.1 Å². The first-order valence-electron chi connectivity index (χ1n) is 8.27. The molecule has 1 heterocycles. The second-order valence-corrected chi connectivity index (χ2v) is 6.63. The highest BCUT2D eigenvalue weighted by Crippen LogP contribution is 2.19. The molecular weight excluding hydrogens is 336 g/mol. The summed E-state index contributed by atoms with van der Waals surface area (Å²) < 4.78 is 1.32. The molecule has 0 N–H and O–H groups in total. The summed E-state index contributed by atoms with van der Waals surface area (Å²) in [7, 11) is 0. The van der Waals surface area contributed by atoms with Crippen LogP contribution < -0.4 is 5.56 Å². The van der Waals surface area contributed by atoms with Crippen molar-refractivity contribution in [1.29, 1.82) is 0 Å². The number of hydrogen-bond donors (Lipinski definition) is 0. The Morgan fingerprint density at radius 2 is 1.92 bits per heavy atom. The summed E-state index contributed by atoms with van der Waals surface area (Å²) in [5, 5.41) is 0.881. The van der Waals surface area contributed by atoms with Gasteiger partial charge in [-0.2, -0.15) is 0 Å². The lowest BCUT2D eigenvalue weighted by Crippen LogP contribution is -2.24. The van der Waals surface area contributed by atoms with Gasteiger partial charge in [-0.05, 0) is 36.1 Å². The molecule has 0 saturated carbocycles. The van der Waals surface area contributed by atoms with E-state index in [1.54, 1.807) is 18.2 Å². The highest BCUT2D eigenvalue weighted by atomic mass is 35.5.